The number of rotatable bonds is 3. The van der Waals surface area contributed by atoms with E-state index in [1.165, 1.54) is 44.9 Å². The van der Waals surface area contributed by atoms with Crippen molar-refractivity contribution in [3.63, 3.8) is 0 Å². The van der Waals surface area contributed by atoms with E-state index in [1.54, 1.807) is 0 Å². The lowest BCUT2D eigenvalue weighted by Gasteiger charge is -2.31. The van der Waals surface area contributed by atoms with Crippen LogP contribution in [0.1, 0.15) is 51.9 Å². The zero-order valence-electron chi connectivity index (χ0n) is 10.2. The molecule has 0 aromatic heterocycles. The summed E-state index contributed by atoms with van der Waals surface area (Å²) in [6, 6.07) is 1.66. The Bertz CT molecular complexity index is 195. The van der Waals surface area contributed by atoms with Gasteiger partial charge in [0.25, 0.3) is 0 Å². The van der Waals surface area contributed by atoms with E-state index < -0.39 is 0 Å². The van der Waals surface area contributed by atoms with E-state index in [-0.39, 0.29) is 0 Å². The van der Waals surface area contributed by atoms with Gasteiger partial charge in [-0.15, -0.1) is 0 Å². The lowest BCUT2D eigenvalue weighted by atomic mass is 9.94. The number of hydrogen-bond acceptors (Lipinski definition) is 2. The van der Waals surface area contributed by atoms with Gasteiger partial charge in [0, 0.05) is 17.3 Å². The summed E-state index contributed by atoms with van der Waals surface area (Å²) in [5.41, 5.74) is 0. The van der Waals surface area contributed by atoms with Gasteiger partial charge < -0.3 is 5.32 Å². The molecule has 2 saturated carbocycles. The van der Waals surface area contributed by atoms with Crippen molar-refractivity contribution in [3.05, 3.63) is 0 Å². The van der Waals surface area contributed by atoms with Crippen LogP contribution in [0, 0.1) is 5.92 Å². The molecule has 2 aliphatic carbocycles. The van der Waals surface area contributed by atoms with Gasteiger partial charge in [0.05, 0.1) is 0 Å². The highest BCUT2D eigenvalue weighted by molar-refractivity contribution is 7.99. The lowest BCUT2D eigenvalue weighted by Crippen LogP contribution is -2.40. The predicted octanol–water partition coefficient (Wildman–Crippen LogP) is 3.44. The van der Waals surface area contributed by atoms with Crippen molar-refractivity contribution in [2.75, 3.05) is 6.26 Å². The highest BCUT2D eigenvalue weighted by atomic mass is 32.2. The molecule has 1 nitrogen and oxygen atoms in total. The van der Waals surface area contributed by atoms with Crippen LogP contribution in [0.25, 0.3) is 0 Å². The highest BCUT2D eigenvalue weighted by Crippen LogP contribution is 2.30. The van der Waals surface area contributed by atoms with Gasteiger partial charge in [0.1, 0.15) is 0 Å². The highest BCUT2D eigenvalue weighted by Gasteiger charge is 2.26. The Balaban J connectivity index is 1.74. The van der Waals surface area contributed by atoms with Crippen LogP contribution in [0.4, 0.5) is 0 Å². The average Bonchev–Trinajstić information content (AvgIpc) is 2.64. The largest absolute Gasteiger partial charge is 0.311 e. The first kappa shape index (κ1) is 11.8. The molecule has 0 heterocycles. The Kier molecular flexibility index (Phi) is 4.39. The van der Waals surface area contributed by atoms with Gasteiger partial charge in [0.15, 0.2) is 0 Å². The molecule has 4 atom stereocenters. The molecule has 0 bridgehead atoms. The summed E-state index contributed by atoms with van der Waals surface area (Å²) >= 11 is 2.07. The van der Waals surface area contributed by atoms with Crippen molar-refractivity contribution in [3.8, 4) is 0 Å². The molecule has 2 rings (SSSR count). The monoisotopic (exact) mass is 227 g/mol. The van der Waals surface area contributed by atoms with Crippen molar-refractivity contribution in [1.82, 2.24) is 5.32 Å². The summed E-state index contributed by atoms with van der Waals surface area (Å²) in [6.07, 6.45) is 12.3. The van der Waals surface area contributed by atoms with Crippen LogP contribution in [-0.4, -0.2) is 23.6 Å². The molecule has 0 saturated heterocycles. The molecular formula is C13H25NS. The maximum absolute atomic E-state index is 3.90. The summed E-state index contributed by atoms with van der Waals surface area (Å²) in [5, 5.41) is 4.83. The Morgan fingerprint density at radius 3 is 2.47 bits per heavy atom. The summed E-state index contributed by atoms with van der Waals surface area (Å²) in [6.45, 7) is 2.40. The molecule has 0 aromatic carbocycles. The summed E-state index contributed by atoms with van der Waals surface area (Å²) in [4.78, 5) is 0. The molecule has 4 unspecified atom stereocenters. The van der Waals surface area contributed by atoms with Crippen LogP contribution < -0.4 is 5.32 Å². The van der Waals surface area contributed by atoms with E-state index in [2.05, 4.69) is 30.3 Å². The van der Waals surface area contributed by atoms with Crippen LogP contribution in [0.3, 0.4) is 0 Å². The first-order valence-electron chi connectivity index (χ1n) is 6.56. The maximum Gasteiger partial charge on any atom is 0.00801 e. The number of hydrogen-bond donors (Lipinski definition) is 1. The third-order valence-electron chi connectivity index (χ3n) is 4.13. The molecule has 0 amide bonds. The van der Waals surface area contributed by atoms with Gasteiger partial charge in [-0.3, -0.25) is 0 Å². The molecule has 2 heteroatoms. The Morgan fingerprint density at radius 2 is 1.80 bits per heavy atom. The first-order chi connectivity index (χ1) is 7.28. The second kappa shape index (κ2) is 5.58. The second-order valence-electron chi connectivity index (χ2n) is 5.50. The van der Waals surface area contributed by atoms with E-state index in [1.807, 2.05) is 0 Å². The van der Waals surface area contributed by atoms with Crippen LogP contribution in [0.2, 0.25) is 0 Å². The summed E-state index contributed by atoms with van der Waals surface area (Å²) in [5.74, 6) is 0.961. The Hall–Kier alpha value is 0.310. The van der Waals surface area contributed by atoms with Gasteiger partial charge >= 0.3 is 0 Å². The minimum atomic E-state index is 0.825. The van der Waals surface area contributed by atoms with Crippen molar-refractivity contribution < 1.29 is 0 Å². The zero-order valence-corrected chi connectivity index (χ0v) is 11.0. The van der Waals surface area contributed by atoms with Gasteiger partial charge in [-0.1, -0.05) is 13.3 Å². The topological polar surface area (TPSA) is 12.0 Å². The van der Waals surface area contributed by atoms with Crippen LogP contribution in [0.15, 0.2) is 0 Å². The molecule has 15 heavy (non-hydrogen) atoms. The summed E-state index contributed by atoms with van der Waals surface area (Å²) < 4.78 is 0. The standard InChI is InChI=1S/C13H25NS/c1-10-6-7-12(8-10)14-11-4-3-5-13(9-11)15-2/h10-14H,3-9H2,1-2H3. The lowest BCUT2D eigenvalue weighted by molar-refractivity contribution is 0.339. The van der Waals surface area contributed by atoms with Gasteiger partial charge in [-0.2, -0.15) is 11.8 Å². The number of nitrogens with one attached hydrogen (secondary N) is 1. The van der Waals surface area contributed by atoms with Gasteiger partial charge in [0.2, 0.25) is 0 Å². The normalized spacial score (nSPS) is 42.0. The predicted molar refractivity (Wildman–Crippen MR) is 69.5 cm³/mol. The number of thioether (sulfide) groups is 1. The second-order valence-corrected chi connectivity index (χ2v) is 6.64. The van der Waals surface area contributed by atoms with Crippen molar-refractivity contribution in [2.45, 2.75) is 69.2 Å². The summed E-state index contributed by atoms with van der Waals surface area (Å²) in [7, 11) is 0. The van der Waals surface area contributed by atoms with Crippen molar-refractivity contribution >= 4 is 11.8 Å². The molecule has 88 valence electrons. The van der Waals surface area contributed by atoms with Crippen LogP contribution >= 0.6 is 11.8 Å². The SMILES string of the molecule is CSC1CCCC(NC2CCC(C)C2)C1. The van der Waals surface area contributed by atoms with Gasteiger partial charge in [-0.05, 0) is 50.7 Å². The Morgan fingerprint density at radius 1 is 1.00 bits per heavy atom. The minimum Gasteiger partial charge on any atom is -0.311 e. The fraction of sp³-hybridized carbons (Fsp3) is 1.00. The molecule has 1 N–H and O–H groups in total. The third kappa shape index (κ3) is 3.39. The van der Waals surface area contributed by atoms with E-state index >= 15 is 0 Å². The zero-order chi connectivity index (χ0) is 10.7. The molecule has 0 spiro atoms. The average molecular weight is 227 g/mol. The fourth-order valence-corrected chi connectivity index (χ4v) is 4.03. The maximum atomic E-state index is 3.90. The Labute approximate surface area is 98.8 Å². The van der Waals surface area contributed by atoms with Crippen LogP contribution in [0.5, 0.6) is 0 Å². The molecular weight excluding hydrogens is 202 g/mol. The molecule has 0 aliphatic heterocycles. The van der Waals surface area contributed by atoms with Gasteiger partial charge in [-0.25, -0.2) is 0 Å². The third-order valence-corrected chi connectivity index (χ3v) is 5.22. The van der Waals surface area contributed by atoms with Crippen LogP contribution in [-0.2, 0) is 0 Å². The van der Waals surface area contributed by atoms with Crippen molar-refractivity contribution in [2.24, 2.45) is 5.92 Å². The molecule has 2 aliphatic rings. The van der Waals surface area contributed by atoms with E-state index in [0.29, 0.717) is 0 Å². The minimum absolute atomic E-state index is 0.825. The first-order valence-corrected chi connectivity index (χ1v) is 7.85. The van der Waals surface area contributed by atoms with E-state index in [9.17, 15) is 0 Å². The quantitative estimate of drug-likeness (QED) is 0.792. The smallest absolute Gasteiger partial charge is 0.00801 e. The fourth-order valence-electron chi connectivity index (χ4n) is 3.20. The van der Waals surface area contributed by atoms with Crippen molar-refractivity contribution in [1.29, 1.82) is 0 Å². The molecule has 2 fully saturated rings. The van der Waals surface area contributed by atoms with E-state index in [4.69, 9.17) is 0 Å². The molecule has 0 radical (unpaired) electrons. The van der Waals surface area contributed by atoms with E-state index in [0.717, 1.165) is 23.3 Å². The molecule has 0 aromatic rings.